The van der Waals surface area contributed by atoms with Gasteiger partial charge in [-0.05, 0) is 30.3 Å². The number of ether oxygens (including phenoxy) is 2. The SMILES string of the molecule is COC(=O)c1cccc(NC(=O)COc2cc(C(F)(F)F)nn2-c2ccccc2Cl)c1. The highest BCUT2D eigenvalue weighted by Gasteiger charge is 2.36. The van der Waals surface area contributed by atoms with Gasteiger partial charge in [0.1, 0.15) is 0 Å². The molecule has 1 aromatic heterocycles. The Balaban J connectivity index is 1.78. The second-order valence-corrected chi connectivity index (χ2v) is 6.55. The molecule has 11 heteroatoms. The quantitative estimate of drug-likeness (QED) is 0.561. The van der Waals surface area contributed by atoms with Crippen LogP contribution in [0.25, 0.3) is 5.69 Å². The standard InChI is InChI=1S/C20H15ClF3N3O4/c1-30-19(29)12-5-4-6-13(9-12)25-17(28)11-31-18-10-16(20(22,23)24)26-27(18)15-8-3-2-7-14(15)21/h2-10H,11H2,1H3,(H,25,28). The highest BCUT2D eigenvalue weighted by Crippen LogP contribution is 2.33. The third-order valence-electron chi connectivity index (χ3n) is 3.97. The number of alkyl halides is 3. The van der Waals surface area contributed by atoms with E-state index in [0.717, 1.165) is 4.68 Å². The van der Waals surface area contributed by atoms with Crippen molar-refractivity contribution in [1.82, 2.24) is 9.78 Å². The van der Waals surface area contributed by atoms with Crippen molar-refractivity contribution in [2.75, 3.05) is 19.0 Å². The second kappa shape index (κ2) is 9.09. The van der Waals surface area contributed by atoms with Crippen molar-refractivity contribution in [2.24, 2.45) is 0 Å². The molecule has 3 rings (SSSR count). The summed E-state index contributed by atoms with van der Waals surface area (Å²) in [6.07, 6.45) is -4.72. The number of halogens is 4. The molecule has 0 spiro atoms. The fourth-order valence-electron chi connectivity index (χ4n) is 2.58. The zero-order valence-corrected chi connectivity index (χ0v) is 16.7. The number of hydrogen-bond acceptors (Lipinski definition) is 5. The van der Waals surface area contributed by atoms with Crippen molar-refractivity contribution in [2.45, 2.75) is 6.18 Å². The third kappa shape index (κ3) is 5.34. The van der Waals surface area contributed by atoms with Gasteiger partial charge in [-0.25, -0.2) is 4.79 Å². The monoisotopic (exact) mass is 453 g/mol. The summed E-state index contributed by atoms with van der Waals surface area (Å²) in [6.45, 7) is -0.615. The van der Waals surface area contributed by atoms with Crippen LogP contribution in [0.1, 0.15) is 16.1 Å². The molecule has 0 aliphatic heterocycles. The number of hydrogen-bond donors (Lipinski definition) is 1. The lowest BCUT2D eigenvalue weighted by Crippen LogP contribution is -2.21. The van der Waals surface area contributed by atoms with E-state index in [9.17, 15) is 22.8 Å². The largest absolute Gasteiger partial charge is 0.467 e. The minimum Gasteiger partial charge on any atom is -0.467 e. The molecule has 1 amide bonds. The van der Waals surface area contributed by atoms with E-state index in [2.05, 4.69) is 15.2 Å². The molecule has 7 nitrogen and oxygen atoms in total. The maximum Gasteiger partial charge on any atom is 0.435 e. The molecular weight excluding hydrogens is 439 g/mol. The zero-order chi connectivity index (χ0) is 22.6. The van der Waals surface area contributed by atoms with Crippen LogP contribution in [0.2, 0.25) is 5.02 Å². The van der Waals surface area contributed by atoms with E-state index in [1.54, 1.807) is 12.1 Å². The lowest BCUT2D eigenvalue weighted by atomic mass is 10.2. The first-order chi connectivity index (χ1) is 14.7. The molecule has 0 saturated carbocycles. The number of benzene rings is 2. The van der Waals surface area contributed by atoms with Gasteiger partial charge < -0.3 is 14.8 Å². The molecule has 2 aromatic carbocycles. The van der Waals surface area contributed by atoms with Crippen LogP contribution in [-0.2, 0) is 15.7 Å². The van der Waals surface area contributed by atoms with Gasteiger partial charge in [0, 0.05) is 11.8 Å². The van der Waals surface area contributed by atoms with Gasteiger partial charge in [0.2, 0.25) is 5.88 Å². The number of aromatic nitrogens is 2. The van der Waals surface area contributed by atoms with E-state index in [1.165, 1.54) is 43.5 Å². The van der Waals surface area contributed by atoms with E-state index in [-0.39, 0.29) is 27.8 Å². The predicted molar refractivity (Wildman–Crippen MR) is 105 cm³/mol. The number of rotatable bonds is 6. The van der Waals surface area contributed by atoms with E-state index in [0.29, 0.717) is 6.07 Å². The van der Waals surface area contributed by atoms with Crippen molar-refractivity contribution < 1.29 is 32.2 Å². The van der Waals surface area contributed by atoms with Crippen molar-refractivity contribution >= 4 is 29.2 Å². The Hall–Kier alpha value is -3.53. The average Bonchev–Trinajstić information content (AvgIpc) is 3.17. The topological polar surface area (TPSA) is 82.4 Å². The van der Waals surface area contributed by atoms with Gasteiger partial charge in [-0.3, -0.25) is 4.79 Å². The predicted octanol–water partition coefficient (Wildman–Crippen LogP) is 4.35. The zero-order valence-electron chi connectivity index (χ0n) is 15.9. The molecule has 0 aliphatic rings. The molecule has 0 atom stereocenters. The van der Waals surface area contributed by atoms with Gasteiger partial charge in [0.05, 0.1) is 23.4 Å². The van der Waals surface area contributed by atoms with Crippen LogP contribution in [-0.4, -0.2) is 35.4 Å². The first kappa shape index (κ1) is 22.2. The highest BCUT2D eigenvalue weighted by molar-refractivity contribution is 6.32. The normalized spacial score (nSPS) is 11.1. The van der Waals surface area contributed by atoms with Gasteiger partial charge >= 0.3 is 12.1 Å². The van der Waals surface area contributed by atoms with E-state index < -0.39 is 30.4 Å². The lowest BCUT2D eigenvalue weighted by molar-refractivity contribution is -0.141. The summed E-state index contributed by atoms with van der Waals surface area (Å²) < 4.78 is 50.2. The van der Waals surface area contributed by atoms with Crippen LogP contribution in [0.3, 0.4) is 0 Å². The second-order valence-electron chi connectivity index (χ2n) is 6.14. The maximum absolute atomic E-state index is 13.1. The van der Waals surface area contributed by atoms with E-state index in [4.69, 9.17) is 16.3 Å². The Morgan fingerprint density at radius 1 is 1.13 bits per heavy atom. The van der Waals surface area contributed by atoms with Gasteiger partial charge in [-0.1, -0.05) is 29.8 Å². The smallest absolute Gasteiger partial charge is 0.435 e. The molecule has 0 unspecified atom stereocenters. The highest BCUT2D eigenvalue weighted by atomic mass is 35.5. The minimum absolute atomic E-state index is 0.147. The van der Waals surface area contributed by atoms with Crippen LogP contribution in [0.5, 0.6) is 5.88 Å². The van der Waals surface area contributed by atoms with Crippen LogP contribution < -0.4 is 10.1 Å². The van der Waals surface area contributed by atoms with Crippen molar-refractivity contribution in [3.05, 3.63) is 70.9 Å². The lowest BCUT2D eigenvalue weighted by Gasteiger charge is -2.11. The summed E-state index contributed by atoms with van der Waals surface area (Å²) in [5.74, 6) is -1.57. The van der Waals surface area contributed by atoms with Gasteiger partial charge in [-0.2, -0.15) is 23.0 Å². The first-order valence-electron chi connectivity index (χ1n) is 8.72. The fraction of sp³-hybridized carbons (Fsp3) is 0.150. The van der Waals surface area contributed by atoms with Gasteiger partial charge in [0.15, 0.2) is 12.3 Å². The molecule has 0 fully saturated rings. The number of carbonyl (C=O) groups excluding carboxylic acids is 2. The summed E-state index contributed by atoms with van der Waals surface area (Å²) >= 11 is 6.06. The van der Waals surface area contributed by atoms with E-state index in [1.807, 2.05) is 0 Å². The number of nitrogens with one attached hydrogen (secondary N) is 1. The number of esters is 1. The molecule has 1 N–H and O–H groups in total. The van der Waals surface area contributed by atoms with Crippen LogP contribution in [0, 0.1) is 0 Å². The molecule has 31 heavy (non-hydrogen) atoms. The average molecular weight is 454 g/mol. The number of nitrogens with zero attached hydrogens (tertiary/aromatic N) is 2. The van der Waals surface area contributed by atoms with Crippen molar-refractivity contribution in [3.63, 3.8) is 0 Å². The van der Waals surface area contributed by atoms with Gasteiger partial charge in [-0.15, -0.1) is 0 Å². The van der Waals surface area contributed by atoms with Gasteiger partial charge in [0.25, 0.3) is 5.91 Å². The third-order valence-corrected chi connectivity index (χ3v) is 4.29. The minimum atomic E-state index is -4.72. The number of carbonyl (C=O) groups is 2. The van der Waals surface area contributed by atoms with E-state index >= 15 is 0 Å². The summed E-state index contributed by atoms with van der Waals surface area (Å²) in [4.78, 5) is 23.8. The molecular formula is C20H15ClF3N3O4. The maximum atomic E-state index is 13.1. The molecule has 162 valence electrons. The molecule has 0 saturated heterocycles. The Labute approximate surface area is 179 Å². The summed E-state index contributed by atoms with van der Waals surface area (Å²) in [5, 5.41) is 6.15. The Bertz CT molecular complexity index is 1120. The molecule has 1 heterocycles. The number of anilines is 1. The molecule has 0 radical (unpaired) electrons. The summed E-state index contributed by atoms with van der Waals surface area (Å²) in [6, 6.07) is 12.7. The molecule has 0 aliphatic carbocycles. The molecule has 3 aromatic rings. The fourth-order valence-corrected chi connectivity index (χ4v) is 2.80. The number of para-hydroxylation sites is 1. The van der Waals surface area contributed by atoms with Crippen LogP contribution >= 0.6 is 11.6 Å². The van der Waals surface area contributed by atoms with Crippen molar-refractivity contribution in [3.8, 4) is 11.6 Å². The first-order valence-corrected chi connectivity index (χ1v) is 9.10. The summed E-state index contributed by atoms with van der Waals surface area (Å²) in [7, 11) is 1.22. The Morgan fingerprint density at radius 2 is 1.87 bits per heavy atom. The van der Waals surface area contributed by atoms with Crippen LogP contribution in [0.4, 0.5) is 18.9 Å². The summed E-state index contributed by atoms with van der Waals surface area (Å²) in [5.41, 5.74) is -0.547. The number of amides is 1. The Morgan fingerprint density at radius 3 is 2.55 bits per heavy atom. The Kier molecular flexibility index (Phi) is 6.50. The molecule has 0 bridgehead atoms. The number of methoxy groups -OCH3 is 1. The van der Waals surface area contributed by atoms with Crippen molar-refractivity contribution in [1.29, 1.82) is 0 Å². The van der Waals surface area contributed by atoms with Crippen LogP contribution in [0.15, 0.2) is 54.6 Å².